The molecule has 0 aromatic heterocycles. The summed E-state index contributed by atoms with van der Waals surface area (Å²) in [5.41, 5.74) is 2.55. The van der Waals surface area contributed by atoms with Crippen molar-refractivity contribution in [2.45, 2.75) is 38.1 Å². The van der Waals surface area contributed by atoms with Gasteiger partial charge in [0.25, 0.3) is 0 Å². The van der Waals surface area contributed by atoms with Gasteiger partial charge in [0, 0.05) is 17.1 Å². The molecular weight excluding hydrogens is 385 g/mol. The van der Waals surface area contributed by atoms with Crippen LogP contribution in [-0.4, -0.2) is 19.9 Å². The molecule has 0 fully saturated rings. The molecule has 0 aliphatic carbocycles. The van der Waals surface area contributed by atoms with E-state index in [-0.39, 0.29) is 11.9 Å². The molecule has 0 amide bonds. The highest BCUT2D eigenvalue weighted by molar-refractivity contribution is 7.84. The Hall–Kier alpha value is -1.69. The van der Waals surface area contributed by atoms with Crippen LogP contribution in [0.2, 0.25) is 5.02 Å². The number of hydrogen-bond donors (Lipinski definition) is 0. The van der Waals surface area contributed by atoms with Crippen molar-refractivity contribution >= 4 is 22.6 Å². The zero-order valence-corrected chi connectivity index (χ0v) is 17.2. The first-order valence-electron chi connectivity index (χ1n) is 8.72. The molecule has 0 bridgehead atoms. The fourth-order valence-corrected chi connectivity index (χ4v) is 4.79. The summed E-state index contributed by atoms with van der Waals surface area (Å²) in [6, 6.07) is 9.76. The summed E-state index contributed by atoms with van der Waals surface area (Å²) in [4.78, 5) is 0. The Bertz CT molecular complexity index is 894. The second kappa shape index (κ2) is 7.74. The van der Waals surface area contributed by atoms with Crippen molar-refractivity contribution in [1.82, 2.24) is 4.31 Å². The maximum absolute atomic E-state index is 13.8. The van der Waals surface area contributed by atoms with Crippen LogP contribution in [0.25, 0.3) is 0 Å². The van der Waals surface area contributed by atoms with Crippen LogP contribution in [0.5, 0.6) is 5.75 Å². The van der Waals surface area contributed by atoms with Gasteiger partial charge in [-0.1, -0.05) is 30.3 Å². The number of rotatable bonds is 5. The molecule has 1 aliphatic rings. The molecule has 3 nitrogen and oxygen atoms in total. The van der Waals surface area contributed by atoms with Crippen molar-refractivity contribution in [2.75, 3.05) is 6.61 Å². The average Bonchev–Trinajstić information content (AvgIpc) is 2.97. The zero-order chi connectivity index (χ0) is 19.8. The summed E-state index contributed by atoms with van der Waals surface area (Å²) in [6.45, 7) is 10.2. The average molecular weight is 408 g/mol. The summed E-state index contributed by atoms with van der Waals surface area (Å²) in [6.07, 6.45) is 1.67. The van der Waals surface area contributed by atoms with Gasteiger partial charge in [0.2, 0.25) is 0 Å². The lowest BCUT2D eigenvalue weighted by Crippen LogP contribution is -2.37. The fraction of sp³-hybridized carbons (Fsp3) is 0.333. The summed E-state index contributed by atoms with van der Waals surface area (Å²) in [5, 5.41) is 0.563. The third kappa shape index (κ3) is 4.10. The molecule has 0 radical (unpaired) electrons. The molecule has 2 atom stereocenters. The van der Waals surface area contributed by atoms with Crippen LogP contribution in [0.15, 0.2) is 49.1 Å². The summed E-state index contributed by atoms with van der Waals surface area (Å²) >= 11 is 6.27. The Morgan fingerprint density at radius 2 is 2.04 bits per heavy atom. The van der Waals surface area contributed by atoms with Gasteiger partial charge in [0.1, 0.15) is 29.2 Å². The van der Waals surface area contributed by atoms with Gasteiger partial charge >= 0.3 is 0 Å². The highest BCUT2D eigenvalue weighted by Crippen LogP contribution is 2.45. The molecule has 2 unspecified atom stereocenters. The van der Waals surface area contributed by atoms with E-state index in [1.54, 1.807) is 24.3 Å². The molecule has 2 aromatic carbocycles. The van der Waals surface area contributed by atoms with Gasteiger partial charge in [-0.15, -0.1) is 0 Å². The Kier molecular flexibility index (Phi) is 5.75. The molecule has 2 aromatic rings. The smallest absolute Gasteiger partial charge is 0.125 e. The van der Waals surface area contributed by atoms with Gasteiger partial charge in [-0.2, -0.15) is 0 Å². The van der Waals surface area contributed by atoms with E-state index in [1.807, 2.05) is 31.1 Å². The second-order valence-corrected chi connectivity index (χ2v) is 10.1. The van der Waals surface area contributed by atoms with E-state index >= 15 is 0 Å². The zero-order valence-electron chi connectivity index (χ0n) is 15.7. The molecule has 1 aliphatic heterocycles. The standard InChI is InChI=1S/C21H23ClFNO2S/c1-5-10-26-19-9-6-15(22)12-18(19)20-17-8-7-16(23)11-14(17)13-24(20)27(25)21(2,3)4/h5-9,11-12,20H,1,10,13H2,2-4H3. The van der Waals surface area contributed by atoms with E-state index in [1.165, 1.54) is 12.1 Å². The third-order valence-electron chi connectivity index (χ3n) is 4.37. The van der Waals surface area contributed by atoms with Crippen LogP contribution in [0.4, 0.5) is 4.39 Å². The van der Waals surface area contributed by atoms with E-state index in [4.69, 9.17) is 16.3 Å². The van der Waals surface area contributed by atoms with Crippen molar-refractivity contribution in [3.63, 3.8) is 0 Å². The van der Waals surface area contributed by atoms with E-state index in [9.17, 15) is 8.60 Å². The largest absolute Gasteiger partial charge is 0.489 e. The van der Waals surface area contributed by atoms with E-state index < -0.39 is 15.7 Å². The molecule has 3 rings (SSSR count). The number of nitrogens with zero attached hydrogens (tertiary/aromatic N) is 1. The third-order valence-corrected chi connectivity index (χ3v) is 6.42. The normalized spacial score (nSPS) is 18.2. The quantitative estimate of drug-likeness (QED) is 0.620. The Morgan fingerprint density at radius 3 is 2.70 bits per heavy atom. The lowest BCUT2D eigenvalue weighted by atomic mass is 9.97. The monoisotopic (exact) mass is 407 g/mol. The Morgan fingerprint density at radius 1 is 1.30 bits per heavy atom. The number of benzene rings is 2. The molecule has 144 valence electrons. The molecular formula is C21H23ClFNO2S. The Balaban J connectivity index is 2.16. The number of fused-ring (bicyclic) bond motifs is 1. The lowest BCUT2D eigenvalue weighted by Gasteiger charge is -2.31. The molecule has 0 spiro atoms. The molecule has 0 saturated carbocycles. The molecule has 0 saturated heterocycles. The number of halogens is 2. The van der Waals surface area contributed by atoms with Crippen molar-refractivity contribution in [1.29, 1.82) is 0 Å². The minimum Gasteiger partial charge on any atom is -0.489 e. The van der Waals surface area contributed by atoms with E-state index in [2.05, 4.69) is 6.58 Å². The maximum atomic E-state index is 13.8. The Labute approximate surface area is 167 Å². The SMILES string of the molecule is C=CCOc1ccc(Cl)cc1C1c2ccc(F)cc2CN1S(=O)C(C)(C)C. The lowest BCUT2D eigenvalue weighted by molar-refractivity contribution is 0.342. The van der Waals surface area contributed by atoms with Crippen LogP contribution in [0, 0.1) is 5.82 Å². The van der Waals surface area contributed by atoms with Gasteiger partial charge in [0.15, 0.2) is 0 Å². The predicted octanol–water partition coefficient (Wildman–Crippen LogP) is 5.41. The molecule has 6 heteroatoms. The van der Waals surface area contributed by atoms with Crippen molar-refractivity contribution in [2.24, 2.45) is 0 Å². The highest BCUT2D eigenvalue weighted by atomic mass is 35.5. The van der Waals surface area contributed by atoms with Gasteiger partial charge in [-0.3, -0.25) is 0 Å². The van der Waals surface area contributed by atoms with Crippen LogP contribution >= 0.6 is 11.6 Å². The maximum Gasteiger partial charge on any atom is 0.125 e. The predicted molar refractivity (Wildman–Crippen MR) is 109 cm³/mol. The first kappa shape index (κ1) is 20.1. The summed E-state index contributed by atoms with van der Waals surface area (Å²) in [5.74, 6) is 0.350. The minimum absolute atomic E-state index is 0.301. The van der Waals surface area contributed by atoms with Gasteiger partial charge in [0.05, 0.1) is 10.8 Å². The minimum atomic E-state index is -1.30. The van der Waals surface area contributed by atoms with Gasteiger partial charge in [-0.25, -0.2) is 12.9 Å². The van der Waals surface area contributed by atoms with Gasteiger partial charge in [-0.05, 0) is 62.2 Å². The van der Waals surface area contributed by atoms with Crippen LogP contribution in [0.3, 0.4) is 0 Å². The number of ether oxygens (including phenoxy) is 1. The van der Waals surface area contributed by atoms with E-state index in [0.29, 0.717) is 23.9 Å². The van der Waals surface area contributed by atoms with Crippen molar-refractivity contribution in [3.05, 3.63) is 76.6 Å². The molecule has 0 N–H and O–H groups in total. The highest BCUT2D eigenvalue weighted by Gasteiger charge is 2.40. The molecule has 27 heavy (non-hydrogen) atoms. The van der Waals surface area contributed by atoms with Crippen LogP contribution in [-0.2, 0) is 17.5 Å². The van der Waals surface area contributed by atoms with Crippen LogP contribution < -0.4 is 4.74 Å². The summed E-state index contributed by atoms with van der Waals surface area (Å²) in [7, 11) is -1.30. The first-order valence-corrected chi connectivity index (χ1v) is 10.2. The van der Waals surface area contributed by atoms with E-state index in [0.717, 1.165) is 16.7 Å². The second-order valence-electron chi connectivity index (χ2n) is 7.46. The van der Waals surface area contributed by atoms with Crippen molar-refractivity contribution in [3.8, 4) is 5.75 Å². The summed E-state index contributed by atoms with van der Waals surface area (Å²) < 4.78 is 34.3. The van der Waals surface area contributed by atoms with Crippen molar-refractivity contribution < 1.29 is 13.3 Å². The molecule has 1 heterocycles. The van der Waals surface area contributed by atoms with Gasteiger partial charge < -0.3 is 4.74 Å². The van der Waals surface area contributed by atoms with Crippen LogP contribution in [0.1, 0.15) is 43.5 Å². The fourth-order valence-electron chi connectivity index (χ4n) is 3.23. The first-order chi connectivity index (χ1) is 12.7. The number of hydrogen-bond acceptors (Lipinski definition) is 2. The topological polar surface area (TPSA) is 29.5 Å².